The Morgan fingerprint density at radius 1 is 1.23 bits per heavy atom. The molecule has 0 radical (unpaired) electrons. The number of thiocarbonyl (C=S) groups is 1. The average Bonchev–Trinajstić information content (AvgIpc) is 2.89. The first-order chi connectivity index (χ1) is 12.4. The molecule has 2 aromatic rings. The van der Waals surface area contributed by atoms with Crippen LogP contribution >= 0.6 is 24.0 Å². The molecule has 0 unspecified atom stereocenters. The number of carboxylic acids is 1. The molecule has 26 heavy (non-hydrogen) atoms. The first-order valence-electron chi connectivity index (χ1n) is 7.22. The summed E-state index contributed by atoms with van der Waals surface area (Å²) < 4.78 is 0.283. The molecule has 1 aliphatic rings. The third-order valence-corrected chi connectivity index (χ3v) is 4.85. The van der Waals surface area contributed by atoms with Crippen LogP contribution in [0.4, 0.5) is 11.4 Å². The van der Waals surface area contributed by atoms with Crippen LogP contribution in [0.2, 0.25) is 0 Å². The zero-order chi connectivity index (χ0) is 18.8. The molecule has 0 aromatic heterocycles. The Morgan fingerprint density at radius 3 is 2.54 bits per heavy atom. The molecule has 1 amide bonds. The number of nitrogens with zero attached hydrogens (tertiary/aromatic N) is 2. The molecular weight excluding hydrogens is 376 g/mol. The lowest BCUT2D eigenvalue weighted by Crippen LogP contribution is -2.27. The molecule has 0 aliphatic carbocycles. The highest BCUT2D eigenvalue weighted by molar-refractivity contribution is 8.27. The summed E-state index contributed by atoms with van der Waals surface area (Å²) in [5.41, 5.74) is 1.01. The molecule has 1 fully saturated rings. The van der Waals surface area contributed by atoms with Crippen molar-refractivity contribution in [3.8, 4) is 0 Å². The van der Waals surface area contributed by atoms with Crippen LogP contribution in [0.5, 0.6) is 0 Å². The van der Waals surface area contributed by atoms with Crippen molar-refractivity contribution in [1.29, 1.82) is 0 Å². The average molecular weight is 386 g/mol. The summed E-state index contributed by atoms with van der Waals surface area (Å²) in [4.78, 5) is 35.6. The molecule has 3 rings (SSSR count). The number of nitro groups is 1. The smallest absolute Gasteiger partial charge is 0.335 e. The van der Waals surface area contributed by atoms with Crippen LogP contribution in [0, 0.1) is 10.1 Å². The molecule has 1 N–H and O–H groups in total. The third kappa shape index (κ3) is 3.48. The monoisotopic (exact) mass is 386 g/mol. The topological polar surface area (TPSA) is 101 Å². The predicted octanol–water partition coefficient (Wildman–Crippen LogP) is 3.70. The Bertz CT molecular complexity index is 969. The van der Waals surface area contributed by atoms with Gasteiger partial charge in [0.25, 0.3) is 11.6 Å². The van der Waals surface area contributed by atoms with Gasteiger partial charge in [-0.15, -0.1) is 0 Å². The van der Waals surface area contributed by atoms with Crippen LogP contribution in [0.25, 0.3) is 6.08 Å². The molecule has 9 heteroatoms. The molecule has 0 atom stereocenters. The molecular formula is C17H10N2O5S2. The summed E-state index contributed by atoms with van der Waals surface area (Å²) in [6, 6.07) is 11.7. The minimum atomic E-state index is -1.10. The van der Waals surface area contributed by atoms with Gasteiger partial charge in [0.1, 0.15) is 0 Å². The van der Waals surface area contributed by atoms with Crippen LogP contribution in [0.3, 0.4) is 0 Å². The molecule has 0 saturated carbocycles. The Balaban J connectivity index is 1.90. The van der Waals surface area contributed by atoms with Crippen molar-refractivity contribution in [3.05, 3.63) is 74.7 Å². The van der Waals surface area contributed by atoms with Gasteiger partial charge in [-0.25, -0.2) is 4.79 Å². The summed E-state index contributed by atoms with van der Waals surface area (Å²) in [6.07, 6.45) is 1.59. The van der Waals surface area contributed by atoms with E-state index in [0.29, 0.717) is 16.2 Å². The molecule has 2 aromatic carbocycles. The zero-order valence-corrected chi connectivity index (χ0v) is 14.6. The maximum absolute atomic E-state index is 12.7. The number of hydrogen-bond acceptors (Lipinski definition) is 6. The fourth-order valence-electron chi connectivity index (χ4n) is 2.31. The van der Waals surface area contributed by atoms with Crippen LogP contribution in [0.1, 0.15) is 15.9 Å². The van der Waals surface area contributed by atoms with Crippen molar-refractivity contribution >= 4 is 57.6 Å². The number of nitro benzene ring substituents is 1. The zero-order valence-electron chi connectivity index (χ0n) is 13.0. The molecule has 0 bridgehead atoms. The summed E-state index contributed by atoms with van der Waals surface area (Å²) in [7, 11) is 0. The van der Waals surface area contributed by atoms with Gasteiger partial charge in [0.15, 0.2) is 4.32 Å². The van der Waals surface area contributed by atoms with E-state index >= 15 is 0 Å². The molecule has 7 nitrogen and oxygen atoms in total. The Kier molecular flexibility index (Phi) is 4.83. The first-order valence-corrected chi connectivity index (χ1v) is 8.45. The Morgan fingerprint density at radius 2 is 1.92 bits per heavy atom. The number of carboxylic acid groups (broad SMARTS) is 1. The normalized spacial score (nSPS) is 15.5. The minimum absolute atomic E-state index is 0.0415. The molecule has 1 aliphatic heterocycles. The van der Waals surface area contributed by atoms with Crippen LogP contribution in [0.15, 0.2) is 53.4 Å². The fraction of sp³-hybridized carbons (Fsp3) is 0. The number of amides is 1. The van der Waals surface area contributed by atoms with Gasteiger partial charge >= 0.3 is 5.97 Å². The van der Waals surface area contributed by atoms with Crippen LogP contribution < -0.4 is 4.90 Å². The van der Waals surface area contributed by atoms with Gasteiger partial charge in [0.05, 0.1) is 21.1 Å². The summed E-state index contributed by atoms with van der Waals surface area (Å²) in [6.45, 7) is 0. The number of benzene rings is 2. The highest BCUT2D eigenvalue weighted by Gasteiger charge is 2.33. The second kappa shape index (κ2) is 7.06. The second-order valence-corrected chi connectivity index (χ2v) is 6.90. The molecule has 0 spiro atoms. The number of thioether (sulfide) groups is 1. The first kappa shape index (κ1) is 17.8. The standard InChI is InChI=1S/C17H10N2O5S2/c20-15-14(8-10-4-6-12(7-5-10)19(23)24)26-17(25)18(15)13-3-1-2-11(9-13)16(21)22/h1-9H,(H,21,22)/b14-8-. The fourth-order valence-corrected chi connectivity index (χ4v) is 3.61. The number of anilines is 1. The van der Waals surface area contributed by atoms with E-state index in [2.05, 4.69) is 0 Å². The van der Waals surface area contributed by atoms with Crippen molar-refractivity contribution in [1.82, 2.24) is 0 Å². The van der Waals surface area contributed by atoms with Gasteiger partial charge in [-0.05, 0) is 42.0 Å². The lowest BCUT2D eigenvalue weighted by atomic mass is 10.1. The van der Waals surface area contributed by atoms with Gasteiger partial charge in [-0.2, -0.15) is 0 Å². The molecule has 1 saturated heterocycles. The van der Waals surface area contributed by atoms with Gasteiger partial charge in [-0.1, -0.05) is 30.0 Å². The van der Waals surface area contributed by atoms with Gasteiger partial charge in [-0.3, -0.25) is 19.8 Å². The van der Waals surface area contributed by atoms with E-state index in [4.69, 9.17) is 17.3 Å². The highest BCUT2D eigenvalue weighted by atomic mass is 32.2. The van der Waals surface area contributed by atoms with E-state index in [-0.39, 0.29) is 21.5 Å². The lowest BCUT2D eigenvalue weighted by Gasteiger charge is -2.14. The quantitative estimate of drug-likeness (QED) is 0.370. The number of aromatic carboxylic acids is 1. The van der Waals surface area contributed by atoms with Crippen molar-refractivity contribution in [3.63, 3.8) is 0 Å². The number of rotatable bonds is 4. The number of non-ortho nitro benzene ring substituents is 1. The SMILES string of the molecule is O=C(O)c1cccc(N2C(=O)/C(=C/c3ccc([N+](=O)[O-])cc3)SC2=S)c1. The van der Waals surface area contributed by atoms with E-state index in [9.17, 15) is 19.7 Å². The minimum Gasteiger partial charge on any atom is -0.478 e. The largest absolute Gasteiger partial charge is 0.478 e. The van der Waals surface area contributed by atoms with Crippen LogP contribution in [-0.4, -0.2) is 26.2 Å². The van der Waals surface area contributed by atoms with Gasteiger partial charge < -0.3 is 5.11 Å². The van der Waals surface area contributed by atoms with E-state index in [0.717, 1.165) is 11.8 Å². The van der Waals surface area contributed by atoms with Crippen molar-refractivity contribution in [2.75, 3.05) is 4.90 Å². The van der Waals surface area contributed by atoms with E-state index in [1.165, 1.54) is 47.4 Å². The van der Waals surface area contributed by atoms with Crippen molar-refractivity contribution in [2.24, 2.45) is 0 Å². The number of hydrogen-bond donors (Lipinski definition) is 1. The van der Waals surface area contributed by atoms with E-state index in [1.54, 1.807) is 12.1 Å². The highest BCUT2D eigenvalue weighted by Crippen LogP contribution is 2.36. The van der Waals surface area contributed by atoms with Gasteiger partial charge in [0, 0.05) is 12.1 Å². The number of carbonyl (C=O) groups is 2. The molecule has 1 heterocycles. The number of carbonyl (C=O) groups excluding carboxylic acids is 1. The summed E-state index contributed by atoms with van der Waals surface area (Å²) >= 11 is 6.33. The van der Waals surface area contributed by atoms with Crippen molar-refractivity contribution in [2.45, 2.75) is 0 Å². The molecule has 130 valence electrons. The lowest BCUT2D eigenvalue weighted by molar-refractivity contribution is -0.384. The van der Waals surface area contributed by atoms with E-state index in [1.807, 2.05) is 0 Å². The maximum atomic E-state index is 12.7. The Labute approximate surface area is 157 Å². The van der Waals surface area contributed by atoms with E-state index < -0.39 is 10.9 Å². The van der Waals surface area contributed by atoms with Gasteiger partial charge in [0.2, 0.25) is 0 Å². The summed E-state index contributed by atoms with van der Waals surface area (Å²) in [5.74, 6) is -1.47. The Hall–Kier alpha value is -3.04. The third-order valence-electron chi connectivity index (χ3n) is 3.55. The second-order valence-electron chi connectivity index (χ2n) is 5.22. The predicted molar refractivity (Wildman–Crippen MR) is 102 cm³/mol. The van der Waals surface area contributed by atoms with Crippen LogP contribution in [-0.2, 0) is 4.79 Å². The van der Waals surface area contributed by atoms with Crippen molar-refractivity contribution < 1.29 is 19.6 Å². The maximum Gasteiger partial charge on any atom is 0.335 e. The summed E-state index contributed by atoms with van der Waals surface area (Å²) in [5, 5.41) is 19.8.